The van der Waals surface area contributed by atoms with Crippen LogP contribution >= 0.6 is 0 Å². The summed E-state index contributed by atoms with van der Waals surface area (Å²) in [5.74, 6) is 0.789. The predicted octanol–water partition coefficient (Wildman–Crippen LogP) is 2.01. The standard InChI is InChI=1S/C12H21N3/c1-11(2)4-8-13-10-12(5-6-12)15-9-3-7-14-15/h3,7,9,11,13H,4-6,8,10H2,1-2H3. The van der Waals surface area contributed by atoms with Gasteiger partial charge < -0.3 is 5.32 Å². The molecule has 0 radical (unpaired) electrons. The maximum atomic E-state index is 4.34. The Hall–Kier alpha value is -0.830. The van der Waals surface area contributed by atoms with Crippen LogP contribution in [-0.2, 0) is 5.54 Å². The lowest BCUT2D eigenvalue weighted by Gasteiger charge is -2.17. The van der Waals surface area contributed by atoms with Crippen molar-refractivity contribution < 1.29 is 0 Å². The van der Waals surface area contributed by atoms with Crippen molar-refractivity contribution in [1.82, 2.24) is 15.1 Å². The quantitative estimate of drug-likeness (QED) is 0.723. The number of hydrogen-bond donors (Lipinski definition) is 1. The van der Waals surface area contributed by atoms with Gasteiger partial charge in [0.05, 0.1) is 5.54 Å². The molecule has 15 heavy (non-hydrogen) atoms. The van der Waals surface area contributed by atoms with Gasteiger partial charge in [0, 0.05) is 18.9 Å². The summed E-state index contributed by atoms with van der Waals surface area (Å²) in [6.07, 6.45) is 7.74. The molecule has 3 nitrogen and oxygen atoms in total. The lowest BCUT2D eigenvalue weighted by atomic mass is 10.1. The Balaban J connectivity index is 1.75. The molecule has 0 saturated heterocycles. The molecule has 1 aliphatic rings. The Bertz CT molecular complexity index is 286. The Labute approximate surface area is 91.9 Å². The van der Waals surface area contributed by atoms with Gasteiger partial charge in [-0.1, -0.05) is 13.8 Å². The van der Waals surface area contributed by atoms with Crippen molar-refractivity contribution >= 4 is 0 Å². The number of hydrogen-bond acceptors (Lipinski definition) is 2. The Morgan fingerprint density at radius 3 is 2.80 bits per heavy atom. The topological polar surface area (TPSA) is 29.9 Å². The van der Waals surface area contributed by atoms with E-state index in [-0.39, 0.29) is 0 Å². The van der Waals surface area contributed by atoms with Crippen molar-refractivity contribution in [2.75, 3.05) is 13.1 Å². The molecule has 0 spiro atoms. The third-order valence-corrected chi connectivity index (χ3v) is 3.17. The smallest absolute Gasteiger partial charge is 0.0753 e. The Morgan fingerprint density at radius 2 is 2.27 bits per heavy atom. The third kappa shape index (κ3) is 2.59. The minimum atomic E-state index is 0.306. The average molecular weight is 207 g/mol. The molecule has 0 amide bonds. The maximum absolute atomic E-state index is 4.34. The van der Waals surface area contributed by atoms with Gasteiger partial charge in [-0.25, -0.2) is 0 Å². The van der Waals surface area contributed by atoms with E-state index in [1.807, 2.05) is 12.3 Å². The van der Waals surface area contributed by atoms with Crippen LogP contribution in [0.2, 0.25) is 0 Å². The molecule has 1 aliphatic carbocycles. The van der Waals surface area contributed by atoms with Crippen LogP contribution in [0.1, 0.15) is 33.1 Å². The zero-order valence-corrected chi connectivity index (χ0v) is 9.74. The molecule has 1 heterocycles. The van der Waals surface area contributed by atoms with Crippen LogP contribution in [0.15, 0.2) is 18.5 Å². The normalized spacial score (nSPS) is 18.3. The van der Waals surface area contributed by atoms with Crippen molar-refractivity contribution in [3.8, 4) is 0 Å². The Morgan fingerprint density at radius 1 is 1.47 bits per heavy atom. The molecule has 1 fully saturated rings. The van der Waals surface area contributed by atoms with Gasteiger partial charge in [-0.15, -0.1) is 0 Å². The molecule has 0 aromatic carbocycles. The van der Waals surface area contributed by atoms with Crippen LogP contribution in [0.3, 0.4) is 0 Å². The SMILES string of the molecule is CC(C)CCNCC1(n2cccn2)CC1. The highest BCUT2D eigenvalue weighted by Gasteiger charge is 2.44. The van der Waals surface area contributed by atoms with E-state index in [4.69, 9.17) is 0 Å². The van der Waals surface area contributed by atoms with Crippen LogP contribution in [0.5, 0.6) is 0 Å². The van der Waals surface area contributed by atoms with Crippen LogP contribution in [0, 0.1) is 5.92 Å². The molecule has 2 rings (SSSR count). The highest BCUT2D eigenvalue weighted by Crippen LogP contribution is 2.42. The fraction of sp³-hybridized carbons (Fsp3) is 0.750. The van der Waals surface area contributed by atoms with Gasteiger partial charge in [0.1, 0.15) is 0 Å². The van der Waals surface area contributed by atoms with Crippen molar-refractivity contribution in [2.45, 2.75) is 38.6 Å². The van der Waals surface area contributed by atoms with Crippen LogP contribution < -0.4 is 5.32 Å². The van der Waals surface area contributed by atoms with E-state index in [0.717, 1.165) is 19.0 Å². The van der Waals surface area contributed by atoms with Gasteiger partial charge in [0.15, 0.2) is 0 Å². The minimum absolute atomic E-state index is 0.306. The minimum Gasteiger partial charge on any atom is -0.314 e. The summed E-state index contributed by atoms with van der Waals surface area (Å²) in [5, 5.41) is 7.89. The first kappa shape index (κ1) is 10.7. The summed E-state index contributed by atoms with van der Waals surface area (Å²) >= 11 is 0. The highest BCUT2D eigenvalue weighted by atomic mass is 15.3. The maximum Gasteiger partial charge on any atom is 0.0753 e. The number of aromatic nitrogens is 2. The fourth-order valence-electron chi connectivity index (χ4n) is 1.89. The lowest BCUT2D eigenvalue weighted by Crippen LogP contribution is -2.33. The number of rotatable bonds is 6. The van der Waals surface area contributed by atoms with Crippen LogP contribution in [-0.4, -0.2) is 22.9 Å². The zero-order valence-electron chi connectivity index (χ0n) is 9.74. The second-order valence-electron chi connectivity index (χ2n) is 5.03. The van der Waals surface area contributed by atoms with Gasteiger partial charge in [-0.2, -0.15) is 5.10 Å². The van der Waals surface area contributed by atoms with E-state index in [0.29, 0.717) is 5.54 Å². The summed E-state index contributed by atoms with van der Waals surface area (Å²) < 4.78 is 2.12. The van der Waals surface area contributed by atoms with Gasteiger partial charge in [-0.3, -0.25) is 4.68 Å². The summed E-state index contributed by atoms with van der Waals surface area (Å²) in [7, 11) is 0. The molecule has 0 aliphatic heterocycles. The molecule has 0 atom stereocenters. The monoisotopic (exact) mass is 207 g/mol. The third-order valence-electron chi connectivity index (χ3n) is 3.17. The van der Waals surface area contributed by atoms with Gasteiger partial charge in [-0.05, 0) is 37.8 Å². The largest absolute Gasteiger partial charge is 0.314 e. The molecule has 0 bridgehead atoms. The molecular formula is C12H21N3. The Kier molecular flexibility index (Phi) is 3.10. The molecule has 1 saturated carbocycles. The molecule has 0 unspecified atom stereocenters. The van der Waals surface area contributed by atoms with E-state index in [1.165, 1.54) is 19.3 Å². The van der Waals surface area contributed by atoms with Crippen molar-refractivity contribution in [3.05, 3.63) is 18.5 Å². The zero-order chi connectivity index (χ0) is 10.7. The second-order valence-corrected chi connectivity index (χ2v) is 5.03. The van der Waals surface area contributed by atoms with E-state index in [1.54, 1.807) is 0 Å². The molecule has 3 heteroatoms. The summed E-state index contributed by atoms with van der Waals surface area (Å²) in [4.78, 5) is 0. The van der Waals surface area contributed by atoms with Crippen LogP contribution in [0.25, 0.3) is 0 Å². The first-order valence-corrected chi connectivity index (χ1v) is 5.94. The molecule has 1 N–H and O–H groups in total. The van der Waals surface area contributed by atoms with Gasteiger partial charge in [0.25, 0.3) is 0 Å². The van der Waals surface area contributed by atoms with Crippen molar-refractivity contribution in [3.63, 3.8) is 0 Å². The van der Waals surface area contributed by atoms with E-state index in [9.17, 15) is 0 Å². The fourth-order valence-corrected chi connectivity index (χ4v) is 1.89. The van der Waals surface area contributed by atoms with E-state index < -0.39 is 0 Å². The summed E-state index contributed by atoms with van der Waals surface area (Å²) in [5.41, 5.74) is 0.306. The number of nitrogens with zero attached hydrogens (tertiary/aromatic N) is 2. The predicted molar refractivity (Wildman–Crippen MR) is 61.8 cm³/mol. The van der Waals surface area contributed by atoms with Gasteiger partial charge >= 0.3 is 0 Å². The molecule has 1 aromatic rings. The molecule has 1 aromatic heterocycles. The number of nitrogens with one attached hydrogen (secondary N) is 1. The molecular weight excluding hydrogens is 186 g/mol. The first-order chi connectivity index (χ1) is 7.23. The molecule has 84 valence electrons. The van der Waals surface area contributed by atoms with Crippen LogP contribution in [0.4, 0.5) is 0 Å². The highest BCUT2D eigenvalue weighted by molar-refractivity contribution is 5.02. The van der Waals surface area contributed by atoms with E-state index >= 15 is 0 Å². The van der Waals surface area contributed by atoms with Crippen molar-refractivity contribution in [1.29, 1.82) is 0 Å². The lowest BCUT2D eigenvalue weighted by molar-refractivity contribution is 0.393. The second kappa shape index (κ2) is 4.35. The average Bonchev–Trinajstić information content (AvgIpc) is 2.78. The van der Waals surface area contributed by atoms with E-state index in [2.05, 4.69) is 35.1 Å². The van der Waals surface area contributed by atoms with Gasteiger partial charge in [0.2, 0.25) is 0 Å². The summed E-state index contributed by atoms with van der Waals surface area (Å²) in [6.45, 7) is 6.73. The summed E-state index contributed by atoms with van der Waals surface area (Å²) in [6, 6.07) is 2.01. The van der Waals surface area contributed by atoms with Crippen molar-refractivity contribution in [2.24, 2.45) is 5.92 Å². The first-order valence-electron chi connectivity index (χ1n) is 5.94.